The Kier molecular flexibility index (Phi) is 7.81. The van der Waals surface area contributed by atoms with Crippen LogP contribution in [0.1, 0.15) is 34.0 Å². The maximum atomic E-state index is 11.8. The quantitative estimate of drug-likeness (QED) is 0.144. The first-order valence-electron chi connectivity index (χ1n) is 11.3. The lowest BCUT2D eigenvalue weighted by Gasteiger charge is -2.11. The molecule has 7 nitrogen and oxygen atoms in total. The molecule has 0 saturated heterocycles. The number of thiocarbonyl (C=S) groups is 1. The van der Waals surface area contributed by atoms with E-state index in [4.69, 9.17) is 17.0 Å². The van der Waals surface area contributed by atoms with Crippen LogP contribution in [0.4, 0.5) is 11.4 Å². The number of anilines is 1. The van der Waals surface area contributed by atoms with Gasteiger partial charge in [-0.1, -0.05) is 39.7 Å². The fraction of sp³-hybridized carbons (Fsp3) is 0.185. The molecule has 0 aliphatic carbocycles. The number of esters is 1. The number of fused-ring (bicyclic) bond motifs is 1. The van der Waals surface area contributed by atoms with Gasteiger partial charge in [-0.3, -0.25) is 0 Å². The number of azo groups is 1. The molecule has 3 aromatic carbocycles. The van der Waals surface area contributed by atoms with Crippen LogP contribution in [0.2, 0.25) is 0 Å². The number of hydrogen-bond donors (Lipinski definition) is 2. The van der Waals surface area contributed by atoms with Gasteiger partial charge in [-0.25, -0.2) is 4.79 Å². The Balaban J connectivity index is 1.60. The van der Waals surface area contributed by atoms with Crippen molar-refractivity contribution in [3.63, 3.8) is 0 Å². The van der Waals surface area contributed by atoms with Crippen molar-refractivity contribution in [1.29, 1.82) is 0 Å². The Morgan fingerprint density at radius 1 is 1.11 bits per heavy atom. The zero-order chi connectivity index (χ0) is 25.8. The smallest absolute Gasteiger partial charge is 0.338 e. The van der Waals surface area contributed by atoms with Crippen LogP contribution in [-0.2, 0) is 11.3 Å². The van der Waals surface area contributed by atoms with Gasteiger partial charge in [0.15, 0.2) is 5.69 Å². The fourth-order valence-electron chi connectivity index (χ4n) is 3.84. The number of carbonyl (C=O) groups is 1. The third kappa shape index (κ3) is 5.63. The van der Waals surface area contributed by atoms with Gasteiger partial charge in [-0.15, -0.1) is 10.2 Å². The highest BCUT2D eigenvalue weighted by Gasteiger charge is 2.18. The standard InChI is InChI=1S/C27H25BrN4O3S/c1-4-35-26(34)18-7-10-21(11-8-18)29-27(36)31-30-24-22-14-20(28)9-12-23(22)32(25(24)33)15-19-13-16(2)5-6-17(19)3/h5-14,33H,4,15H2,1-3H3,(H,29,36). The van der Waals surface area contributed by atoms with Crippen molar-refractivity contribution in [2.75, 3.05) is 11.9 Å². The lowest BCUT2D eigenvalue weighted by Crippen LogP contribution is -2.07. The molecule has 36 heavy (non-hydrogen) atoms. The van der Waals surface area contributed by atoms with Crippen LogP contribution < -0.4 is 5.32 Å². The zero-order valence-electron chi connectivity index (χ0n) is 20.1. The monoisotopic (exact) mass is 564 g/mol. The van der Waals surface area contributed by atoms with E-state index in [1.165, 1.54) is 0 Å². The molecule has 4 rings (SSSR count). The molecule has 0 atom stereocenters. The highest BCUT2D eigenvalue weighted by atomic mass is 79.9. The first kappa shape index (κ1) is 25.5. The summed E-state index contributed by atoms with van der Waals surface area (Å²) in [6, 6.07) is 18.7. The van der Waals surface area contributed by atoms with E-state index in [-0.39, 0.29) is 17.0 Å². The minimum Gasteiger partial charge on any atom is -0.493 e. The van der Waals surface area contributed by atoms with Gasteiger partial charge in [-0.05, 0) is 86.6 Å². The van der Waals surface area contributed by atoms with Crippen LogP contribution >= 0.6 is 28.1 Å². The molecule has 0 aliphatic heterocycles. The van der Waals surface area contributed by atoms with Gasteiger partial charge in [0.25, 0.3) is 0 Å². The highest BCUT2D eigenvalue weighted by Crippen LogP contribution is 2.40. The van der Waals surface area contributed by atoms with Gasteiger partial charge < -0.3 is 19.7 Å². The van der Waals surface area contributed by atoms with Crippen LogP contribution in [0.3, 0.4) is 0 Å². The molecule has 4 aromatic rings. The molecular formula is C27H25BrN4O3S. The largest absolute Gasteiger partial charge is 0.493 e. The summed E-state index contributed by atoms with van der Waals surface area (Å²) in [5, 5.41) is 23.4. The molecule has 0 aliphatic rings. The molecule has 1 aromatic heterocycles. The van der Waals surface area contributed by atoms with E-state index in [9.17, 15) is 9.90 Å². The number of halogens is 1. The lowest BCUT2D eigenvalue weighted by atomic mass is 10.1. The Morgan fingerprint density at radius 3 is 2.58 bits per heavy atom. The summed E-state index contributed by atoms with van der Waals surface area (Å²) in [6.07, 6.45) is 0. The van der Waals surface area contributed by atoms with Crippen molar-refractivity contribution >= 4 is 61.5 Å². The van der Waals surface area contributed by atoms with Crippen molar-refractivity contribution in [1.82, 2.24) is 4.57 Å². The Bertz CT molecular complexity index is 1480. The van der Waals surface area contributed by atoms with Crippen LogP contribution in [0.15, 0.2) is 75.4 Å². The molecule has 9 heteroatoms. The van der Waals surface area contributed by atoms with Gasteiger partial charge in [0.1, 0.15) is 0 Å². The van der Waals surface area contributed by atoms with E-state index < -0.39 is 0 Å². The normalized spacial score (nSPS) is 11.2. The van der Waals surface area contributed by atoms with E-state index in [2.05, 4.69) is 56.6 Å². The van der Waals surface area contributed by atoms with Crippen molar-refractivity contribution in [3.05, 3.63) is 87.4 Å². The Morgan fingerprint density at radius 2 is 1.86 bits per heavy atom. The zero-order valence-corrected chi connectivity index (χ0v) is 22.5. The van der Waals surface area contributed by atoms with Crippen LogP contribution in [0, 0.1) is 13.8 Å². The van der Waals surface area contributed by atoms with Crippen molar-refractivity contribution in [2.45, 2.75) is 27.3 Å². The summed E-state index contributed by atoms with van der Waals surface area (Å²) in [4.78, 5) is 11.8. The number of rotatable bonds is 6. The molecule has 0 radical (unpaired) electrons. The number of benzene rings is 3. The first-order chi connectivity index (χ1) is 17.3. The molecule has 0 unspecified atom stereocenters. The molecule has 0 amide bonds. The van der Waals surface area contributed by atoms with Gasteiger partial charge in [0, 0.05) is 15.5 Å². The number of aryl methyl sites for hydroxylation is 2. The molecule has 1 heterocycles. The minimum absolute atomic E-state index is 0.00865. The molecular weight excluding hydrogens is 540 g/mol. The predicted octanol–water partition coefficient (Wildman–Crippen LogP) is 7.43. The Labute approximate surface area is 222 Å². The van der Waals surface area contributed by atoms with E-state index in [0.29, 0.717) is 30.1 Å². The van der Waals surface area contributed by atoms with E-state index in [0.717, 1.165) is 32.1 Å². The summed E-state index contributed by atoms with van der Waals surface area (Å²) in [5.41, 5.74) is 5.66. The second-order valence-electron chi connectivity index (χ2n) is 8.28. The van der Waals surface area contributed by atoms with E-state index in [1.807, 2.05) is 29.7 Å². The maximum Gasteiger partial charge on any atom is 0.338 e. The first-order valence-corrected chi connectivity index (χ1v) is 12.5. The van der Waals surface area contributed by atoms with Crippen LogP contribution in [0.5, 0.6) is 5.88 Å². The average Bonchev–Trinajstić information content (AvgIpc) is 3.10. The summed E-state index contributed by atoms with van der Waals surface area (Å²) < 4.78 is 7.68. The lowest BCUT2D eigenvalue weighted by molar-refractivity contribution is 0.0526. The Hall–Kier alpha value is -3.56. The molecule has 0 fully saturated rings. The number of nitrogens with zero attached hydrogens (tertiary/aromatic N) is 3. The topological polar surface area (TPSA) is 88.2 Å². The molecule has 184 valence electrons. The summed E-state index contributed by atoms with van der Waals surface area (Å²) in [6.45, 7) is 6.66. The number of hydrogen-bond acceptors (Lipinski definition) is 5. The summed E-state index contributed by atoms with van der Waals surface area (Å²) in [7, 11) is 0. The second kappa shape index (κ2) is 11.0. The van der Waals surface area contributed by atoms with Crippen LogP contribution in [0.25, 0.3) is 10.9 Å². The number of carbonyl (C=O) groups excluding carboxylic acids is 1. The van der Waals surface area contributed by atoms with Gasteiger partial charge >= 0.3 is 5.97 Å². The van der Waals surface area contributed by atoms with Crippen molar-refractivity contribution in [3.8, 4) is 5.88 Å². The number of aromatic nitrogens is 1. The van der Waals surface area contributed by atoms with Gasteiger partial charge in [0.2, 0.25) is 11.0 Å². The SMILES string of the molecule is CCOC(=O)c1ccc(NC(=S)N=Nc2c(O)n(Cc3cc(C)ccc3C)c3ccc(Br)cc23)cc1. The summed E-state index contributed by atoms with van der Waals surface area (Å²) in [5.74, 6) is -0.375. The minimum atomic E-state index is -0.384. The number of nitrogens with one attached hydrogen (secondary N) is 1. The second-order valence-corrected chi connectivity index (χ2v) is 9.58. The van der Waals surface area contributed by atoms with Gasteiger partial charge in [-0.2, -0.15) is 0 Å². The van der Waals surface area contributed by atoms with E-state index in [1.54, 1.807) is 31.2 Å². The molecule has 0 bridgehead atoms. The fourth-order valence-corrected chi connectivity index (χ4v) is 4.36. The third-order valence-corrected chi connectivity index (χ3v) is 6.37. The summed E-state index contributed by atoms with van der Waals surface area (Å²) >= 11 is 8.84. The number of aromatic hydroxyl groups is 1. The van der Waals surface area contributed by atoms with E-state index >= 15 is 0 Å². The van der Waals surface area contributed by atoms with Crippen molar-refractivity contribution in [2.24, 2.45) is 10.2 Å². The number of ether oxygens (including phenoxy) is 1. The van der Waals surface area contributed by atoms with Gasteiger partial charge in [0.05, 0.1) is 24.2 Å². The average molecular weight is 565 g/mol. The van der Waals surface area contributed by atoms with Crippen LogP contribution in [-0.4, -0.2) is 27.4 Å². The third-order valence-electron chi connectivity index (χ3n) is 5.69. The molecule has 0 saturated carbocycles. The highest BCUT2D eigenvalue weighted by molar-refractivity contribution is 9.10. The molecule has 0 spiro atoms. The maximum absolute atomic E-state index is 11.8. The predicted molar refractivity (Wildman–Crippen MR) is 149 cm³/mol. The molecule has 2 N–H and O–H groups in total. The van der Waals surface area contributed by atoms with Crippen molar-refractivity contribution < 1.29 is 14.6 Å².